The van der Waals surface area contributed by atoms with Gasteiger partial charge in [-0.2, -0.15) is 0 Å². The lowest BCUT2D eigenvalue weighted by Gasteiger charge is -2.23. The van der Waals surface area contributed by atoms with E-state index >= 15 is 0 Å². The number of carbonyl (C=O) groups excluding carboxylic acids is 1. The minimum absolute atomic E-state index is 0.0470. The Morgan fingerprint density at radius 1 is 1.29 bits per heavy atom. The van der Waals surface area contributed by atoms with Gasteiger partial charge < -0.3 is 10.6 Å². The minimum atomic E-state index is -0.424. The number of fused-ring (bicyclic) bond motifs is 1. The summed E-state index contributed by atoms with van der Waals surface area (Å²) in [6.45, 7) is 7.24. The molecule has 21 heavy (non-hydrogen) atoms. The molecule has 112 valence electrons. The SMILES string of the molecule is CNC(=O)C(C)(C)CNCc1cc(C)nc2ccccc12. The van der Waals surface area contributed by atoms with Gasteiger partial charge >= 0.3 is 0 Å². The zero-order valence-electron chi connectivity index (χ0n) is 13.2. The predicted octanol–water partition coefficient (Wildman–Crippen LogP) is 2.41. The molecule has 1 aromatic carbocycles. The van der Waals surface area contributed by atoms with E-state index < -0.39 is 5.41 Å². The number of para-hydroxylation sites is 1. The van der Waals surface area contributed by atoms with Crippen molar-refractivity contribution in [2.75, 3.05) is 13.6 Å². The van der Waals surface area contributed by atoms with Gasteiger partial charge in [-0.25, -0.2) is 0 Å². The first kappa shape index (κ1) is 15.4. The molecule has 0 spiro atoms. The molecule has 4 heteroatoms. The van der Waals surface area contributed by atoms with Crippen molar-refractivity contribution in [2.45, 2.75) is 27.3 Å². The molecule has 2 rings (SSSR count). The highest BCUT2D eigenvalue weighted by Crippen LogP contribution is 2.19. The summed E-state index contributed by atoms with van der Waals surface area (Å²) in [5.41, 5.74) is 2.81. The molecule has 0 atom stereocenters. The van der Waals surface area contributed by atoms with E-state index in [-0.39, 0.29) is 5.91 Å². The maximum Gasteiger partial charge on any atom is 0.226 e. The number of carbonyl (C=O) groups is 1. The molecule has 0 aliphatic carbocycles. The summed E-state index contributed by atoms with van der Waals surface area (Å²) in [5, 5.41) is 7.25. The number of pyridine rings is 1. The van der Waals surface area contributed by atoms with Crippen molar-refractivity contribution in [3.63, 3.8) is 0 Å². The van der Waals surface area contributed by atoms with Crippen molar-refractivity contribution in [3.8, 4) is 0 Å². The van der Waals surface area contributed by atoms with Gasteiger partial charge in [-0.15, -0.1) is 0 Å². The van der Waals surface area contributed by atoms with Gasteiger partial charge in [0.15, 0.2) is 0 Å². The predicted molar refractivity (Wildman–Crippen MR) is 86.0 cm³/mol. The molecule has 0 saturated carbocycles. The summed E-state index contributed by atoms with van der Waals surface area (Å²) in [5.74, 6) is 0.0470. The molecule has 0 bridgehead atoms. The van der Waals surface area contributed by atoms with Crippen LogP contribution in [-0.2, 0) is 11.3 Å². The van der Waals surface area contributed by atoms with Crippen LogP contribution in [-0.4, -0.2) is 24.5 Å². The fourth-order valence-corrected chi connectivity index (χ4v) is 2.47. The molecular weight excluding hydrogens is 262 g/mol. The highest BCUT2D eigenvalue weighted by atomic mass is 16.2. The zero-order chi connectivity index (χ0) is 15.5. The van der Waals surface area contributed by atoms with Gasteiger partial charge in [0.05, 0.1) is 10.9 Å². The van der Waals surface area contributed by atoms with E-state index in [1.54, 1.807) is 7.05 Å². The van der Waals surface area contributed by atoms with Crippen molar-refractivity contribution in [2.24, 2.45) is 5.41 Å². The van der Waals surface area contributed by atoms with Gasteiger partial charge in [0, 0.05) is 31.2 Å². The van der Waals surface area contributed by atoms with Crippen molar-refractivity contribution in [1.29, 1.82) is 0 Å². The molecule has 4 nitrogen and oxygen atoms in total. The van der Waals surface area contributed by atoms with Gasteiger partial charge in [0.2, 0.25) is 5.91 Å². The Balaban J connectivity index is 2.12. The molecular formula is C17H23N3O. The lowest BCUT2D eigenvalue weighted by Crippen LogP contribution is -2.41. The second kappa shape index (κ2) is 6.22. The first-order valence-electron chi connectivity index (χ1n) is 7.22. The number of nitrogens with zero attached hydrogens (tertiary/aromatic N) is 1. The average molecular weight is 285 g/mol. The van der Waals surface area contributed by atoms with E-state index in [2.05, 4.69) is 27.8 Å². The Morgan fingerprint density at radius 3 is 2.71 bits per heavy atom. The summed E-state index contributed by atoms with van der Waals surface area (Å²) >= 11 is 0. The van der Waals surface area contributed by atoms with Gasteiger partial charge in [0.1, 0.15) is 0 Å². The number of rotatable bonds is 5. The zero-order valence-corrected chi connectivity index (χ0v) is 13.2. The molecule has 0 saturated heterocycles. The second-order valence-corrected chi connectivity index (χ2v) is 6.01. The van der Waals surface area contributed by atoms with E-state index in [0.717, 1.165) is 23.1 Å². The van der Waals surface area contributed by atoms with Gasteiger partial charge in [-0.3, -0.25) is 9.78 Å². The smallest absolute Gasteiger partial charge is 0.226 e. The lowest BCUT2D eigenvalue weighted by atomic mass is 9.92. The maximum atomic E-state index is 11.8. The number of hydrogen-bond acceptors (Lipinski definition) is 3. The fraction of sp³-hybridized carbons (Fsp3) is 0.412. The normalized spacial score (nSPS) is 11.6. The summed E-state index contributed by atoms with van der Waals surface area (Å²) in [7, 11) is 1.67. The summed E-state index contributed by atoms with van der Waals surface area (Å²) in [4.78, 5) is 16.3. The van der Waals surface area contributed by atoms with Crippen LogP contribution in [0.2, 0.25) is 0 Å². The number of nitrogens with one attached hydrogen (secondary N) is 2. The third kappa shape index (κ3) is 3.58. The van der Waals surface area contributed by atoms with Crippen molar-refractivity contribution in [3.05, 3.63) is 41.6 Å². The van der Waals surface area contributed by atoms with Gasteiger partial charge in [-0.05, 0) is 38.5 Å². The summed E-state index contributed by atoms with van der Waals surface area (Å²) < 4.78 is 0. The van der Waals surface area contributed by atoms with Crippen LogP contribution in [0.4, 0.5) is 0 Å². The third-order valence-corrected chi connectivity index (χ3v) is 3.65. The van der Waals surface area contributed by atoms with Crippen LogP contribution in [0.1, 0.15) is 25.1 Å². The Morgan fingerprint density at radius 2 is 2.00 bits per heavy atom. The highest BCUT2D eigenvalue weighted by molar-refractivity contribution is 5.82. The minimum Gasteiger partial charge on any atom is -0.359 e. The number of aromatic nitrogens is 1. The van der Waals surface area contributed by atoms with Crippen molar-refractivity contribution in [1.82, 2.24) is 15.6 Å². The molecule has 1 amide bonds. The highest BCUT2D eigenvalue weighted by Gasteiger charge is 2.25. The van der Waals surface area contributed by atoms with Crippen LogP contribution in [0, 0.1) is 12.3 Å². The molecule has 2 N–H and O–H groups in total. The van der Waals surface area contributed by atoms with Crippen molar-refractivity contribution < 1.29 is 4.79 Å². The van der Waals surface area contributed by atoms with E-state index in [9.17, 15) is 4.79 Å². The van der Waals surface area contributed by atoms with E-state index in [4.69, 9.17) is 0 Å². The van der Waals surface area contributed by atoms with E-state index in [0.29, 0.717) is 6.54 Å². The van der Waals surface area contributed by atoms with Crippen LogP contribution in [0.25, 0.3) is 10.9 Å². The van der Waals surface area contributed by atoms with E-state index in [1.165, 1.54) is 5.56 Å². The van der Waals surface area contributed by atoms with Crippen LogP contribution >= 0.6 is 0 Å². The fourth-order valence-electron chi connectivity index (χ4n) is 2.47. The Kier molecular flexibility index (Phi) is 4.58. The van der Waals surface area contributed by atoms with Crippen LogP contribution in [0.15, 0.2) is 30.3 Å². The number of hydrogen-bond donors (Lipinski definition) is 2. The molecule has 2 aromatic rings. The number of benzene rings is 1. The van der Waals surface area contributed by atoms with Gasteiger partial charge in [0.25, 0.3) is 0 Å². The first-order valence-corrected chi connectivity index (χ1v) is 7.22. The Hall–Kier alpha value is -1.94. The van der Waals surface area contributed by atoms with E-state index in [1.807, 2.05) is 39.0 Å². The monoisotopic (exact) mass is 285 g/mol. The average Bonchev–Trinajstić information content (AvgIpc) is 2.45. The quantitative estimate of drug-likeness (QED) is 0.887. The molecule has 0 fully saturated rings. The molecule has 1 aromatic heterocycles. The molecule has 0 unspecified atom stereocenters. The first-order chi connectivity index (χ1) is 9.94. The topological polar surface area (TPSA) is 54.0 Å². The summed E-state index contributed by atoms with van der Waals surface area (Å²) in [6.07, 6.45) is 0. The maximum absolute atomic E-state index is 11.8. The van der Waals surface area contributed by atoms with Crippen LogP contribution < -0.4 is 10.6 Å². The third-order valence-electron chi connectivity index (χ3n) is 3.65. The van der Waals surface area contributed by atoms with Crippen LogP contribution in [0.5, 0.6) is 0 Å². The standard InChI is InChI=1S/C17H23N3O/c1-12-9-13(14-7-5-6-8-15(14)20-12)10-19-11-17(2,3)16(21)18-4/h5-9,19H,10-11H2,1-4H3,(H,18,21). The Bertz CT molecular complexity index is 650. The van der Waals surface area contributed by atoms with Crippen LogP contribution in [0.3, 0.4) is 0 Å². The largest absolute Gasteiger partial charge is 0.359 e. The molecule has 0 aliphatic rings. The Labute approximate surface area is 126 Å². The lowest BCUT2D eigenvalue weighted by molar-refractivity contribution is -0.128. The molecule has 0 radical (unpaired) electrons. The molecule has 1 heterocycles. The van der Waals surface area contributed by atoms with Gasteiger partial charge in [-0.1, -0.05) is 18.2 Å². The molecule has 0 aliphatic heterocycles. The van der Waals surface area contributed by atoms with Crippen molar-refractivity contribution >= 4 is 16.8 Å². The number of amides is 1. The summed E-state index contributed by atoms with van der Waals surface area (Å²) in [6, 6.07) is 10.2. The second-order valence-electron chi connectivity index (χ2n) is 6.01. The number of aryl methyl sites for hydroxylation is 1.